The molecule has 126 valence electrons. The number of hydrogen-bond donors (Lipinski definition) is 1. The van der Waals surface area contributed by atoms with Gasteiger partial charge in [-0.15, -0.1) is 0 Å². The van der Waals surface area contributed by atoms with Gasteiger partial charge in [0.25, 0.3) is 5.91 Å². The van der Waals surface area contributed by atoms with Gasteiger partial charge in [-0.3, -0.25) is 4.79 Å². The molecule has 1 aromatic carbocycles. The Morgan fingerprint density at radius 3 is 2.75 bits per heavy atom. The zero-order valence-corrected chi connectivity index (χ0v) is 13.7. The summed E-state index contributed by atoms with van der Waals surface area (Å²) in [4.78, 5) is 15.2. The molecule has 5 nitrogen and oxygen atoms in total. The molecular weight excluding hydrogens is 307 g/mol. The lowest BCUT2D eigenvalue weighted by Gasteiger charge is -2.27. The van der Waals surface area contributed by atoms with Crippen LogP contribution in [0.3, 0.4) is 0 Å². The van der Waals surface area contributed by atoms with Gasteiger partial charge in [-0.25, -0.2) is 9.07 Å². The predicted molar refractivity (Wildman–Crippen MR) is 88.7 cm³/mol. The normalized spacial score (nSPS) is 23.3. The summed E-state index contributed by atoms with van der Waals surface area (Å²) in [5.41, 5.74) is 2.19. The number of carbonyl (C=O) groups excluding carboxylic acids is 1. The van der Waals surface area contributed by atoms with E-state index in [1.807, 2.05) is 6.92 Å². The van der Waals surface area contributed by atoms with Crippen molar-refractivity contribution in [1.82, 2.24) is 20.0 Å². The average Bonchev–Trinajstić information content (AvgIpc) is 3.06. The van der Waals surface area contributed by atoms with Gasteiger partial charge in [0.15, 0.2) is 0 Å². The highest BCUT2D eigenvalue weighted by molar-refractivity contribution is 5.96. The summed E-state index contributed by atoms with van der Waals surface area (Å²) in [5.74, 6) is -0.217. The Kier molecular flexibility index (Phi) is 3.84. The molecule has 1 amide bonds. The van der Waals surface area contributed by atoms with E-state index in [1.54, 1.807) is 23.0 Å². The lowest BCUT2D eigenvalue weighted by atomic mass is 10.1. The monoisotopic (exact) mass is 328 g/mol. The molecule has 2 aromatic rings. The van der Waals surface area contributed by atoms with Crippen molar-refractivity contribution in [3.63, 3.8) is 0 Å². The molecule has 24 heavy (non-hydrogen) atoms. The summed E-state index contributed by atoms with van der Waals surface area (Å²) in [7, 11) is 0. The van der Waals surface area contributed by atoms with E-state index in [1.165, 1.54) is 12.1 Å². The van der Waals surface area contributed by atoms with Crippen molar-refractivity contribution < 1.29 is 9.18 Å². The highest BCUT2D eigenvalue weighted by Crippen LogP contribution is 2.30. The van der Waals surface area contributed by atoms with Gasteiger partial charge in [-0.2, -0.15) is 5.10 Å². The van der Waals surface area contributed by atoms with Gasteiger partial charge in [0.2, 0.25) is 0 Å². The molecule has 1 aromatic heterocycles. The molecule has 3 heterocycles. The first-order valence-electron chi connectivity index (χ1n) is 8.49. The maximum atomic E-state index is 13.1. The fraction of sp³-hybridized carbons (Fsp3) is 0.444. The summed E-state index contributed by atoms with van der Waals surface area (Å²) in [6.45, 7) is 3.73. The Balaban J connectivity index is 1.65. The van der Waals surface area contributed by atoms with Gasteiger partial charge in [-0.1, -0.05) is 0 Å². The number of amides is 1. The van der Waals surface area contributed by atoms with E-state index >= 15 is 0 Å². The van der Waals surface area contributed by atoms with E-state index in [2.05, 4.69) is 15.3 Å². The maximum Gasteiger partial charge on any atom is 0.257 e. The van der Waals surface area contributed by atoms with Crippen molar-refractivity contribution in [3.8, 4) is 5.69 Å². The van der Waals surface area contributed by atoms with E-state index in [4.69, 9.17) is 0 Å². The van der Waals surface area contributed by atoms with Crippen molar-refractivity contribution in [2.45, 2.75) is 38.3 Å². The van der Waals surface area contributed by atoms with Crippen LogP contribution in [-0.2, 0) is 0 Å². The zero-order valence-electron chi connectivity index (χ0n) is 13.7. The number of aromatic nitrogens is 2. The Morgan fingerprint density at radius 1 is 1.21 bits per heavy atom. The SMILES string of the molecule is Cc1c(C(=O)N2C3CCNCC2CC3)cnn1-c1ccc(F)cc1. The number of rotatable bonds is 2. The Bertz CT molecular complexity index is 741. The topological polar surface area (TPSA) is 50.2 Å². The van der Waals surface area contributed by atoms with Crippen molar-refractivity contribution >= 4 is 5.91 Å². The van der Waals surface area contributed by atoms with Crippen LogP contribution < -0.4 is 5.32 Å². The van der Waals surface area contributed by atoms with E-state index < -0.39 is 0 Å². The van der Waals surface area contributed by atoms with E-state index in [9.17, 15) is 9.18 Å². The summed E-state index contributed by atoms with van der Waals surface area (Å²) in [5, 5.41) is 7.77. The first-order valence-corrected chi connectivity index (χ1v) is 8.49. The van der Waals surface area contributed by atoms with Crippen LogP contribution in [0.25, 0.3) is 5.69 Å². The molecule has 0 saturated carbocycles. The fourth-order valence-corrected chi connectivity index (χ4v) is 3.92. The number of halogens is 1. The van der Waals surface area contributed by atoms with Crippen molar-refractivity contribution in [3.05, 3.63) is 47.5 Å². The molecule has 0 radical (unpaired) electrons. The van der Waals surface area contributed by atoms with Gasteiger partial charge in [0.1, 0.15) is 5.82 Å². The minimum atomic E-state index is -0.284. The smallest absolute Gasteiger partial charge is 0.257 e. The number of nitrogens with zero attached hydrogens (tertiary/aromatic N) is 3. The van der Waals surface area contributed by atoms with Crippen LogP contribution in [-0.4, -0.2) is 45.8 Å². The molecule has 4 rings (SSSR count). The molecule has 2 aliphatic heterocycles. The molecule has 2 atom stereocenters. The first-order chi connectivity index (χ1) is 11.6. The highest BCUT2D eigenvalue weighted by Gasteiger charge is 2.39. The zero-order chi connectivity index (χ0) is 16.7. The number of benzene rings is 1. The van der Waals surface area contributed by atoms with E-state index in [0.29, 0.717) is 11.6 Å². The van der Waals surface area contributed by atoms with Crippen LogP contribution in [0.4, 0.5) is 4.39 Å². The van der Waals surface area contributed by atoms with Crippen LogP contribution >= 0.6 is 0 Å². The number of hydrogen-bond acceptors (Lipinski definition) is 3. The largest absolute Gasteiger partial charge is 0.331 e. The van der Waals surface area contributed by atoms with Gasteiger partial charge < -0.3 is 10.2 Å². The minimum absolute atomic E-state index is 0.0667. The van der Waals surface area contributed by atoms with Crippen LogP contribution in [0.2, 0.25) is 0 Å². The van der Waals surface area contributed by atoms with Gasteiger partial charge >= 0.3 is 0 Å². The summed E-state index contributed by atoms with van der Waals surface area (Å²) >= 11 is 0. The predicted octanol–water partition coefficient (Wildman–Crippen LogP) is 2.29. The quantitative estimate of drug-likeness (QED) is 0.920. The third-order valence-corrected chi connectivity index (χ3v) is 5.20. The van der Waals surface area contributed by atoms with Crippen LogP contribution in [0.1, 0.15) is 35.3 Å². The van der Waals surface area contributed by atoms with Crippen LogP contribution in [0.5, 0.6) is 0 Å². The second kappa shape index (κ2) is 6.02. The first kappa shape index (κ1) is 15.3. The van der Waals surface area contributed by atoms with Crippen molar-refractivity contribution in [1.29, 1.82) is 0 Å². The third kappa shape index (κ3) is 2.51. The molecule has 2 saturated heterocycles. The standard InChI is InChI=1S/C18H21FN4O/c1-12-17(11-21-23(12)15-4-2-13(19)3-5-15)18(24)22-14-6-7-16(22)10-20-9-8-14/h2-5,11,14,16,20H,6-10H2,1H3. The Morgan fingerprint density at radius 2 is 1.96 bits per heavy atom. The van der Waals surface area contributed by atoms with E-state index in [-0.39, 0.29) is 17.8 Å². The minimum Gasteiger partial charge on any atom is -0.331 e. The fourth-order valence-electron chi connectivity index (χ4n) is 3.92. The molecular formula is C18H21FN4O. The summed E-state index contributed by atoms with van der Waals surface area (Å²) < 4.78 is 14.8. The summed E-state index contributed by atoms with van der Waals surface area (Å²) in [6, 6.07) is 6.74. The van der Waals surface area contributed by atoms with Crippen LogP contribution in [0, 0.1) is 12.7 Å². The summed E-state index contributed by atoms with van der Waals surface area (Å²) in [6.07, 6.45) is 4.80. The van der Waals surface area contributed by atoms with Gasteiger partial charge in [0, 0.05) is 18.6 Å². The van der Waals surface area contributed by atoms with Gasteiger partial charge in [0.05, 0.1) is 23.1 Å². The van der Waals surface area contributed by atoms with E-state index in [0.717, 1.165) is 43.7 Å². The third-order valence-electron chi connectivity index (χ3n) is 5.20. The molecule has 2 aliphatic rings. The Hall–Kier alpha value is -2.21. The molecule has 2 unspecified atom stereocenters. The van der Waals surface area contributed by atoms with Crippen molar-refractivity contribution in [2.75, 3.05) is 13.1 Å². The number of carbonyl (C=O) groups is 1. The molecule has 2 bridgehead atoms. The van der Waals surface area contributed by atoms with Crippen molar-refractivity contribution in [2.24, 2.45) is 0 Å². The average molecular weight is 328 g/mol. The number of nitrogens with one attached hydrogen (secondary N) is 1. The number of fused-ring (bicyclic) bond motifs is 2. The maximum absolute atomic E-state index is 13.1. The molecule has 6 heteroatoms. The molecule has 2 fully saturated rings. The molecule has 0 spiro atoms. The highest BCUT2D eigenvalue weighted by atomic mass is 19.1. The second-order valence-electron chi connectivity index (χ2n) is 6.62. The van der Waals surface area contributed by atoms with Gasteiger partial charge in [-0.05, 0) is 57.0 Å². The molecule has 0 aliphatic carbocycles. The second-order valence-corrected chi connectivity index (χ2v) is 6.62. The van der Waals surface area contributed by atoms with Crippen LogP contribution in [0.15, 0.2) is 30.5 Å². The Labute approximate surface area is 140 Å². The molecule has 1 N–H and O–H groups in total. The lowest BCUT2D eigenvalue weighted by molar-refractivity contribution is 0.0679. The lowest BCUT2D eigenvalue weighted by Crippen LogP contribution is -2.42.